The van der Waals surface area contributed by atoms with E-state index in [1.165, 1.54) is 22.3 Å². The molecule has 1 amide bonds. The average molecular weight is 354 g/mol. The van der Waals surface area contributed by atoms with Crippen molar-refractivity contribution in [2.75, 3.05) is 32.9 Å². The summed E-state index contributed by atoms with van der Waals surface area (Å²) in [6.07, 6.45) is 1.24. The second-order valence-corrected chi connectivity index (χ2v) is 6.36. The van der Waals surface area contributed by atoms with Crippen molar-refractivity contribution in [2.45, 2.75) is 18.8 Å². The van der Waals surface area contributed by atoms with Gasteiger partial charge in [-0.3, -0.25) is 0 Å². The van der Waals surface area contributed by atoms with Crippen LogP contribution in [0.1, 0.15) is 29.9 Å². The first-order valence-electron chi connectivity index (χ1n) is 9.18. The molecule has 0 unspecified atom stereocenters. The zero-order valence-corrected chi connectivity index (χ0v) is 14.9. The van der Waals surface area contributed by atoms with Gasteiger partial charge in [0.15, 0.2) is 0 Å². The molecule has 1 aliphatic rings. The van der Waals surface area contributed by atoms with Crippen LogP contribution in [0.3, 0.4) is 0 Å². The number of ether oxygens (including phenoxy) is 2. The van der Waals surface area contributed by atoms with Gasteiger partial charge in [-0.05, 0) is 41.6 Å². The zero-order chi connectivity index (χ0) is 18.2. The molecule has 0 spiro atoms. The van der Waals surface area contributed by atoms with E-state index in [1.807, 2.05) is 24.3 Å². The summed E-state index contributed by atoms with van der Waals surface area (Å²) >= 11 is 0. The number of rotatable bonds is 9. The Hall–Kier alpha value is -2.37. The number of benzene rings is 2. The molecule has 26 heavy (non-hydrogen) atoms. The summed E-state index contributed by atoms with van der Waals surface area (Å²) in [5.41, 5.74) is 10.3. The number of amides is 1. The van der Waals surface area contributed by atoms with E-state index in [9.17, 15) is 4.79 Å². The van der Waals surface area contributed by atoms with Gasteiger partial charge in [-0.1, -0.05) is 48.5 Å². The fraction of sp³-hybridized carbons (Fsp3) is 0.381. The number of hydrogen-bond acceptors (Lipinski definition) is 4. The Bertz CT molecular complexity index is 687. The third kappa shape index (κ3) is 4.42. The van der Waals surface area contributed by atoms with Crippen molar-refractivity contribution in [2.24, 2.45) is 5.73 Å². The molecule has 3 rings (SSSR count). The standard InChI is InChI=1S/C21H26N2O3/c22-11-5-13-25-14-6-12-23-21(24)26-15-20-18-9-3-1-7-16(18)17-8-2-4-10-19(17)20/h1-4,7-10,20H,5-6,11-15,22H2,(H,23,24). The van der Waals surface area contributed by atoms with Gasteiger partial charge in [0, 0.05) is 25.7 Å². The minimum Gasteiger partial charge on any atom is -0.449 e. The SMILES string of the molecule is NCCCOCCCNC(=O)OCC1c2ccccc2-c2ccccc21. The van der Waals surface area contributed by atoms with E-state index < -0.39 is 0 Å². The van der Waals surface area contributed by atoms with Gasteiger partial charge < -0.3 is 20.5 Å². The third-order valence-electron chi connectivity index (χ3n) is 4.57. The van der Waals surface area contributed by atoms with Gasteiger partial charge >= 0.3 is 6.09 Å². The Balaban J connectivity index is 1.47. The summed E-state index contributed by atoms with van der Waals surface area (Å²) in [5.74, 6) is 0.0905. The molecule has 5 heteroatoms. The largest absolute Gasteiger partial charge is 0.449 e. The Labute approximate surface area is 154 Å². The number of nitrogens with two attached hydrogens (primary N) is 1. The van der Waals surface area contributed by atoms with Gasteiger partial charge in [0.2, 0.25) is 0 Å². The molecular weight excluding hydrogens is 328 g/mol. The lowest BCUT2D eigenvalue weighted by Crippen LogP contribution is -2.27. The smallest absolute Gasteiger partial charge is 0.407 e. The number of fused-ring (bicyclic) bond motifs is 3. The van der Waals surface area contributed by atoms with Crippen molar-refractivity contribution in [3.8, 4) is 11.1 Å². The van der Waals surface area contributed by atoms with Crippen LogP contribution in [0.25, 0.3) is 11.1 Å². The van der Waals surface area contributed by atoms with Gasteiger partial charge in [-0.15, -0.1) is 0 Å². The number of alkyl carbamates (subject to hydrolysis) is 1. The van der Waals surface area contributed by atoms with Crippen LogP contribution in [0.2, 0.25) is 0 Å². The molecule has 1 aliphatic carbocycles. The van der Waals surface area contributed by atoms with E-state index in [0.29, 0.717) is 32.9 Å². The summed E-state index contributed by atoms with van der Waals surface area (Å²) in [7, 11) is 0. The minimum absolute atomic E-state index is 0.0905. The number of nitrogens with one attached hydrogen (secondary N) is 1. The van der Waals surface area contributed by atoms with Crippen LogP contribution in [0.5, 0.6) is 0 Å². The molecule has 5 nitrogen and oxygen atoms in total. The predicted octanol–water partition coefficient (Wildman–Crippen LogP) is 3.28. The molecule has 0 heterocycles. The van der Waals surface area contributed by atoms with Crippen molar-refractivity contribution in [1.29, 1.82) is 0 Å². The lowest BCUT2D eigenvalue weighted by molar-refractivity contribution is 0.125. The molecule has 138 valence electrons. The van der Waals surface area contributed by atoms with E-state index in [4.69, 9.17) is 15.2 Å². The maximum atomic E-state index is 12.0. The molecule has 2 aromatic carbocycles. The van der Waals surface area contributed by atoms with Crippen LogP contribution in [0.15, 0.2) is 48.5 Å². The highest BCUT2D eigenvalue weighted by molar-refractivity contribution is 5.79. The lowest BCUT2D eigenvalue weighted by Gasteiger charge is -2.14. The highest BCUT2D eigenvalue weighted by Gasteiger charge is 2.28. The van der Waals surface area contributed by atoms with Gasteiger partial charge in [-0.2, -0.15) is 0 Å². The molecule has 0 aliphatic heterocycles. The van der Waals surface area contributed by atoms with Crippen LogP contribution in [0.4, 0.5) is 4.79 Å². The second kappa shape index (κ2) is 9.36. The maximum absolute atomic E-state index is 12.0. The Morgan fingerprint density at radius 3 is 2.23 bits per heavy atom. The molecule has 0 aromatic heterocycles. The van der Waals surface area contributed by atoms with Crippen LogP contribution in [-0.4, -0.2) is 39.0 Å². The summed E-state index contributed by atoms with van der Waals surface area (Å²) < 4.78 is 10.9. The molecule has 0 radical (unpaired) electrons. The first-order chi connectivity index (χ1) is 12.8. The van der Waals surface area contributed by atoms with E-state index in [0.717, 1.165) is 12.8 Å². The van der Waals surface area contributed by atoms with E-state index in [1.54, 1.807) is 0 Å². The van der Waals surface area contributed by atoms with E-state index >= 15 is 0 Å². The molecule has 0 saturated heterocycles. The molecule has 2 aromatic rings. The van der Waals surface area contributed by atoms with Gasteiger partial charge in [0.1, 0.15) is 6.61 Å². The lowest BCUT2D eigenvalue weighted by atomic mass is 9.98. The highest BCUT2D eigenvalue weighted by Crippen LogP contribution is 2.44. The molecule has 0 bridgehead atoms. The van der Waals surface area contributed by atoms with Crippen molar-refractivity contribution in [1.82, 2.24) is 5.32 Å². The van der Waals surface area contributed by atoms with Gasteiger partial charge in [0.05, 0.1) is 0 Å². The highest BCUT2D eigenvalue weighted by atomic mass is 16.5. The first-order valence-corrected chi connectivity index (χ1v) is 9.18. The number of carbonyl (C=O) groups is 1. The summed E-state index contributed by atoms with van der Waals surface area (Å²) in [5, 5.41) is 2.78. The topological polar surface area (TPSA) is 73.6 Å². The molecular formula is C21H26N2O3. The van der Waals surface area contributed by atoms with Crippen LogP contribution < -0.4 is 11.1 Å². The molecule has 3 N–H and O–H groups in total. The normalized spacial score (nSPS) is 12.5. The van der Waals surface area contributed by atoms with Crippen LogP contribution in [-0.2, 0) is 9.47 Å². The summed E-state index contributed by atoms with van der Waals surface area (Å²) in [6.45, 7) is 2.80. The van der Waals surface area contributed by atoms with Crippen LogP contribution in [0, 0.1) is 0 Å². The summed E-state index contributed by atoms with van der Waals surface area (Å²) in [4.78, 5) is 12.0. The van der Waals surface area contributed by atoms with Crippen molar-refractivity contribution >= 4 is 6.09 Å². The Morgan fingerprint density at radius 2 is 1.58 bits per heavy atom. The number of hydrogen-bond donors (Lipinski definition) is 2. The average Bonchev–Trinajstić information content (AvgIpc) is 3.00. The molecule has 0 saturated carbocycles. The van der Waals surface area contributed by atoms with Crippen molar-refractivity contribution in [3.05, 3.63) is 59.7 Å². The first kappa shape index (κ1) is 18.4. The summed E-state index contributed by atoms with van der Waals surface area (Å²) in [6, 6.07) is 16.6. The van der Waals surface area contributed by atoms with Gasteiger partial charge in [0.25, 0.3) is 0 Å². The Kier molecular flexibility index (Phi) is 6.63. The number of carbonyl (C=O) groups excluding carboxylic acids is 1. The third-order valence-corrected chi connectivity index (χ3v) is 4.57. The maximum Gasteiger partial charge on any atom is 0.407 e. The van der Waals surface area contributed by atoms with Gasteiger partial charge in [-0.25, -0.2) is 4.79 Å². The fourth-order valence-corrected chi connectivity index (χ4v) is 3.30. The van der Waals surface area contributed by atoms with Crippen molar-refractivity contribution < 1.29 is 14.3 Å². The molecule has 0 atom stereocenters. The minimum atomic E-state index is -0.381. The predicted molar refractivity (Wildman–Crippen MR) is 102 cm³/mol. The second-order valence-electron chi connectivity index (χ2n) is 6.36. The van der Waals surface area contributed by atoms with E-state index in [-0.39, 0.29) is 12.0 Å². The quantitative estimate of drug-likeness (QED) is 0.678. The zero-order valence-electron chi connectivity index (χ0n) is 14.9. The van der Waals surface area contributed by atoms with Crippen molar-refractivity contribution in [3.63, 3.8) is 0 Å². The fourth-order valence-electron chi connectivity index (χ4n) is 3.30. The molecule has 0 fully saturated rings. The monoisotopic (exact) mass is 354 g/mol. The van der Waals surface area contributed by atoms with Crippen LogP contribution >= 0.6 is 0 Å². The Morgan fingerprint density at radius 1 is 0.962 bits per heavy atom. The van der Waals surface area contributed by atoms with E-state index in [2.05, 4.69) is 29.6 Å².